The number of fused-ring (bicyclic) bond motifs is 1. The number of carbonyl (C=O) groups is 1. The number of methoxy groups -OCH3 is 1. The van der Waals surface area contributed by atoms with Crippen LogP contribution in [0.5, 0.6) is 5.75 Å². The van der Waals surface area contributed by atoms with Gasteiger partial charge in [-0.25, -0.2) is 4.98 Å². The fourth-order valence-electron chi connectivity index (χ4n) is 2.81. The van der Waals surface area contributed by atoms with Crippen LogP contribution in [0.4, 0.5) is 5.13 Å². The average molecular weight is 392 g/mol. The summed E-state index contributed by atoms with van der Waals surface area (Å²) in [6.07, 6.45) is 0. The summed E-state index contributed by atoms with van der Waals surface area (Å²) < 4.78 is 7.37. The van der Waals surface area contributed by atoms with Crippen molar-refractivity contribution in [2.24, 2.45) is 0 Å². The summed E-state index contributed by atoms with van der Waals surface area (Å²) in [5, 5.41) is 7.46. The Bertz CT molecular complexity index is 1210. The zero-order valence-corrected chi connectivity index (χ0v) is 16.0. The van der Waals surface area contributed by atoms with Gasteiger partial charge in [-0.05, 0) is 30.7 Å². The van der Waals surface area contributed by atoms with Crippen molar-refractivity contribution in [3.8, 4) is 11.4 Å². The molecule has 7 nitrogen and oxygen atoms in total. The summed E-state index contributed by atoms with van der Waals surface area (Å²) in [5.74, 6) is -0.397. The van der Waals surface area contributed by atoms with E-state index < -0.39 is 5.91 Å². The number of nitrogens with one attached hydrogen (secondary N) is 1. The topological polar surface area (TPSA) is 86.1 Å². The van der Waals surface area contributed by atoms with Crippen molar-refractivity contribution in [2.75, 3.05) is 12.4 Å². The van der Waals surface area contributed by atoms with Gasteiger partial charge in [0.1, 0.15) is 0 Å². The van der Waals surface area contributed by atoms with E-state index in [0.717, 1.165) is 15.8 Å². The molecule has 0 fully saturated rings. The van der Waals surface area contributed by atoms with Crippen molar-refractivity contribution < 1.29 is 9.53 Å². The van der Waals surface area contributed by atoms with Gasteiger partial charge in [0.05, 0.1) is 29.1 Å². The first kappa shape index (κ1) is 17.9. The lowest BCUT2D eigenvalue weighted by Gasteiger charge is -2.12. The van der Waals surface area contributed by atoms with Gasteiger partial charge in [-0.1, -0.05) is 41.7 Å². The lowest BCUT2D eigenvalue weighted by molar-refractivity contribution is 0.101. The van der Waals surface area contributed by atoms with Crippen LogP contribution in [0, 0.1) is 6.92 Å². The molecule has 2 aromatic carbocycles. The van der Waals surface area contributed by atoms with Gasteiger partial charge in [0, 0.05) is 0 Å². The molecule has 2 aromatic heterocycles. The normalized spacial score (nSPS) is 10.8. The Morgan fingerprint density at radius 2 is 1.89 bits per heavy atom. The van der Waals surface area contributed by atoms with Crippen LogP contribution in [0.2, 0.25) is 0 Å². The van der Waals surface area contributed by atoms with E-state index in [4.69, 9.17) is 4.74 Å². The van der Waals surface area contributed by atoms with Gasteiger partial charge in [0.15, 0.2) is 16.6 Å². The fraction of sp³-hybridized carbons (Fsp3) is 0.100. The van der Waals surface area contributed by atoms with Gasteiger partial charge in [-0.2, -0.15) is 9.78 Å². The van der Waals surface area contributed by atoms with Crippen molar-refractivity contribution in [1.29, 1.82) is 0 Å². The molecule has 28 heavy (non-hydrogen) atoms. The number of anilines is 1. The Kier molecular flexibility index (Phi) is 4.62. The highest BCUT2D eigenvalue weighted by atomic mass is 32.1. The van der Waals surface area contributed by atoms with Crippen molar-refractivity contribution in [3.05, 3.63) is 76.2 Å². The lowest BCUT2D eigenvalue weighted by Crippen LogP contribution is -2.26. The predicted octanol–water partition coefficient (Wildman–Crippen LogP) is 3.41. The highest BCUT2D eigenvalue weighted by molar-refractivity contribution is 7.22. The zero-order valence-electron chi connectivity index (χ0n) is 15.2. The number of carbonyl (C=O) groups excluding carboxylic acids is 1. The number of aromatic nitrogens is 3. The van der Waals surface area contributed by atoms with Crippen molar-refractivity contribution >= 4 is 32.6 Å². The largest absolute Gasteiger partial charge is 0.494 e. The molecule has 0 spiro atoms. The Morgan fingerprint density at radius 1 is 1.14 bits per heavy atom. The summed E-state index contributed by atoms with van der Waals surface area (Å²) in [5.41, 5.74) is 1.88. The van der Waals surface area contributed by atoms with E-state index in [1.54, 1.807) is 6.07 Å². The van der Waals surface area contributed by atoms with Gasteiger partial charge in [-0.3, -0.25) is 14.9 Å². The molecule has 4 rings (SSSR count). The number of para-hydroxylation sites is 2. The van der Waals surface area contributed by atoms with E-state index in [-0.39, 0.29) is 17.0 Å². The van der Waals surface area contributed by atoms with E-state index in [9.17, 15) is 9.59 Å². The van der Waals surface area contributed by atoms with Gasteiger partial charge < -0.3 is 4.74 Å². The molecule has 0 aliphatic heterocycles. The third-order valence-corrected chi connectivity index (χ3v) is 5.14. The minimum atomic E-state index is -0.502. The lowest BCUT2D eigenvalue weighted by atomic mass is 10.2. The summed E-state index contributed by atoms with van der Waals surface area (Å²) >= 11 is 1.36. The smallest absolute Gasteiger partial charge is 0.281 e. The standard InChI is InChI=1S/C20H16N4O3S/c1-12-7-3-5-9-14(12)24-17(25)11-15(27-2)18(23-24)19(26)22-20-21-13-8-4-6-10-16(13)28-20/h3-11H,1-2H3,(H,21,22,26). The van der Waals surface area contributed by atoms with E-state index in [1.165, 1.54) is 29.2 Å². The SMILES string of the molecule is COc1cc(=O)n(-c2ccccc2C)nc1C(=O)Nc1nc2ccccc2s1. The van der Waals surface area contributed by atoms with Crippen LogP contribution in [0.15, 0.2) is 59.4 Å². The summed E-state index contributed by atoms with van der Waals surface area (Å²) in [6.45, 7) is 1.87. The first-order valence-corrected chi connectivity index (χ1v) is 9.30. The second kappa shape index (κ2) is 7.24. The minimum Gasteiger partial charge on any atom is -0.494 e. The number of rotatable bonds is 4. The molecule has 0 radical (unpaired) electrons. The van der Waals surface area contributed by atoms with E-state index in [1.807, 2.05) is 49.4 Å². The third-order valence-electron chi connectivity index (χ3n) is 4.19. The average Bonchev–Trinajstić information content (AvgIpc) is 3.10. The Balaban J connectivity index is 1.75. The van der Waals surface area contributed by atoms with E-state index >= 15 is 0 Å². The van der Waals surface area contributed by atoms with Gasteiger partial charge in [-0.15, -0.1) is 0 Å². The van der Waals surface area contributed by atoms with Crippen molar-refractivity contribution in [2.45, 2.75) is 6.92 Å². The number of hydrogen-bond acceptors (Lipinski definition) is 6. The van der Waals surface area contributed by atoms with Crippen molar-refractivity contribution in [1.82, 2.24) is 14.8 Å². The number of ether oxygens (including phenoxy) is 1. The maximum atomic E-state index is 12.8. The van der Waals surface area contributed by atoms with Crippen LogP contribution in [-0.2, 0) is 0 Å². The van der Waals surface area contributed by atoms with E-state index in [0.29, 0.717) is 10.8 Å². The monoisotopic (exact) mass is 392 g/mol. The van der Waals surface area contributed by atoms with Crippen LogP contribution in [0.1, 0.15) is 16.1 Å². The Morgan fingerprint density at radius 3 is 2.64 bits per heavy atom. The van der Waals surface area contributed by atoms with E-state index in [2.05, 4.69) is 15.4 Å². The fourth-order valence-corrected chi connectivity index (χ4v) is 3.67. The maximum Gasteiger partial charge on any atom is 0.281 e. The first-order chi connectivity index (χ1) is 13.6. The Labute approximate surface area is 164 Å². The molecular weight excluding hydrogens is 376 g/mol. The van der Waals surface area contributed by atoms with Crippen LogP contribution in [0.25, 0.3) is 15.9 Å². The first-order valence-electron chi connectivity index (χ1n) is 8.48. The molecule has 8 heteroatoms. The number of amides is 1. The predicted molar refractivity (Wildman–Crippen MR) is 109 cm³/mol. The van der Waals surface area contributed by atoms with Crippen LogP contribution in [-0.4, -0.2) is 27.8 Å². The van der Waals surface area contributed by atoms with Crippen LogP contribution in [0.3, 0.4) is 0 Å². The molecule has 0 bridgehead atoms. The molecule has 1 amide bonds. The number of aryl methyl sites for hydroxylation is 1. The summed E-state index contributed by atoms with van der Waals surface area (Å²) in [6, 6.07) is 16.2. The van der Waals surface area contributed by atoms with Gasteiger partial charge in [0.2, 0.25) is 0 Å². The number of benzene rings is 2. The van der Waals surface area contributed by atoms with Gasteiger partial charge >= 0.3 is 0 Å². The number of thiazole rings is 1. The second-order valence-electron chi connectivity index (χ2n) is 6.04. The summed E-state index contributed by atoms with van der Waals surface area (Å²) in [4.78, 5) is 29.7. The molecule has 0 aliphatic rings. The summed E-state index contributed by atoms with van der Waals surface area (Å²) in [7, 11) is 1.39. The molecule has 0 atom stereocenters. The highest BCUT2D eigenvalue weighted by Gasteiger charge is 2.20. The van der Waals surface area contributed by atoms with Crippen LogP contribution >= 0.6 is 11.3 Å². The number of hydrogen-bond donors (Lipinski definition) is 1. The van der Waals surface area contributed by atoms with Crippen LogP contribution < -0.4 is 15.6 Å². The molecule has 0 unspecified atom stereocenters. The molecule has 0 saturated carbocycles. The molecule has 140 valence electrons. The molecule has 0 saturated heterocycles. The Hall–Kier alpha value is -3.52. The maximum absolute atomic E-state index is 12.8. The molecule has 4 aromatic rings. The minimum absolute atomic E-state index is 0.00427. The number of nitrogens with zero attached hydrogens (tertiary/aromatic N) is 3. The molecule has 1 N–H and O–H groups in total. The quantitative estimate of drug-likeness (QED) is 0.575. The molecule has 2 heterocycles. The van der Waals surface area contributed by atoms with Crippen molar-refractivity contribution in [3.63, 3.8) is 0 Å². The molecular formula is C20H16N4O3S. The second-order valence-corrected chi connectivity index (χ2v) is 7.07. The highest BCUT2D eigenvalue weighted by Crippen LogP contribution is 2.26. The zero-order chi connectivity index (χ0) is 19.7. The van der Waals surface area contributed by atoms with Gasteiger partial charge in [0.25, 0.3) is 11.5 Å². The third kappa shape index (κ3) is 3.25. The molecule has 0 aliphatic carbocycles.